The van der Waals surface area contributed by atoms with Crippen LogP contribution in [-0.2, 0) is 0 Å². The summed E-state index contributed by atoms with van der Waals surface area (Å²) in [5.41, 5.74) is 8.60. The average molecular weight is 494 g/mol. The maximum absolute atomic E-state index is 14.3. The molecule has 0 fully saturated rings. The smallest absolute Gasteiger partial charge is 0.248 e. The molecule has 3 rings (SSSR count). The van der Waals surface area contributed by atoms with E-state index in [9.17, 15) is 9.18 Å². The van der Waals surface area contributed by atoms with Gasteiger partial charge >= 0.3 is 0 Å². The summed E-state index contributed by atoms with van der Waals surface area (Å²) in [4.78, 5) is 13.2. The topological polar surface area (TPSA) is 46.3 Å². The first kappa shape index (κ1) is 21.4. The number of amides is 1. The van der Waals surface area contributed by atoms with E-state index >= 15 is 0 Å². The molecule has 0 aliphatic rings. The van der Waals surface area contributed by atoms with E-state index in [-0.39, 0.29) is 10.6 Å². The predicted molar refractivity (Wildman–Crippen MR) is 122 cm³/mol. The van der Waals surface area contributed by atoms with Crippen LogP contribution in [0.25, 0.3) is 16.8 Å². The Morgan fingerprint density at radius 2 is 1.83 bits per heavy atom. The number of benzene rings is 3. The molecule has 1 amide bonds. The summed E-state index contributed by atoms with van der Waals surface area (Å²) in [6.45, 7) is 4.00. The van der Waals surface area contributed by atoms with Crippen LogP contribution < -0.4 is 10.6 Å². The Morgan fingerprint density at radius 3 is 2.45 bits per heavy atom. The molecule has 0 spiro atoms. The fourth-order valence-electron chi connectivity index (χ4n) is 2.93. The zero-order valence-electron chi connectivity index (χ0n) is 15.3. The lowest BCUT2D eigenvalue weighted by Gasteiger charge is -2.24. The molecule has 0 aliphatic carbocycles. The number of nitrogens with zero attached hydrogens (tertiary/aromatic N) is 1. The second-order valence-electron chi connectivity index (χ2n) is 6.33. The third kappa shape index (κ3) is 4.32. The molecule has 3 aromatic carbocycles. The van der Waals surface area contributed by atoms with Crippen LogP contribution in [0.15, 0.2) is 65.6 Å². The van der Waals surface area contributed by atoms with Crippen molar-refractivity contribution in [3.8, 4) is 11.1 Å². The lowest BCUT2D eigenvalue weighted by molar-refractivity contribution is 0.100. The van der Waals surface area contributed by atoms with Crippen LogP contribution in [0.4, 0.5) is 10.1 Å². The van der Waals surface area contributed by atoms with E-state index in [1.807, 2.05) is 18.2 Å². The molecule has 3 aromatic rings. The van der Waals surface area contributed by atoms with Crippen LogP contribution in [0.1, 0.15) is 15.9 Å². The van der Waals surface area contributed by atoms with Crippen LogP contribution in [0.3, 0.4) is 0 Å². The van der Waals surface area contributed by atoms with Gasteiger partial charge in [-0.2, -0.15) is 0 Å². The lowest BCUT2D eigenvalue weighted by atomic mass is 10.0. The zero-order valence-corrected chi connectivity index (χ0v) is 18.4. The van der Waals surface area contributed by atoms with Gasteiger partial charge in [-0.15, -0.1) is 0 Å². The summed E-state index contributed by atoms with van der Waals surface area (Å²) in [5, 5.41) is 0.773. The van der Waals surface area contributed by atoms with Crippen LogP contribution in [0, 0.1) is 5.82 Å². The molecule has 0 saturated carbocycles. The molecule has 29 heavy (non-hydrogen) atoms. The number of rotatable bonds is 5. The second kappa shape index (κ2) is 8.57. The number of hydrogen-bond donors (Lipinski definition) is 1. The number of halogens is 4. The largest absolute Gasteiger partial charge is 0.366 e. The fourth-order valence-corrected chi connectivity index (χ4v) is 4.08. The number of anilines is 1. The summed E-state index contributed by atoms with van der Waals surface area (Å²) >= 11 is 16.0. The Bertz CT molecular complexity index is 1110. The highest BCUT2D eigenvalue weighted by Crippen LogP contribution is 2.38. The number of carbonyl (C=O) groups is 1. The van der Waals surface area contributed by atoms with Gasteiger partial charge < -0.3 is 10.6 Å². The highest BCUT2D eigenvalue weighted by Gasteiger charge is 2.18. The first-order valence-corrected chi connectivity index (χ1v) is 10.0. The number of nitrogens with two attached hydrogens (primary N) is 1. The summed E-state index contributed by atoms with van der Waals surface area (Å²) in [7, 11) is 1.77. The van der Waals surface area contributed by atoms with Gasteiger partial charge in [0.1, 0.15) is 5.82 Å². The summed E-state index contributed by atoms with van der Waals surface area (Å²) in [6, 6.07) is 14.9. The molecule has 0 atom stereocenters. The SMILES string of the molecule is C=C(c1c(F)cccc1Cl)N(C)c1ccc(-c2cc(C(N)=O)ccc2Cl)cc1Br. The monoisotopic (exact) mass is 492 g/mol. The van der Waals surface area contributed by atoms with Crippen molar-refractivity contribution in [3.63, 3.8) is 0 Å². The van der Waals surface area contributed by atoms with E-state index in [0.717, 1.165) is 15.7 Å². The number of carbonyl (C=O) groups excluding carboxylic acids is 1. The Balaban J connectivity index is 1.99. The van der Waals surface area contributed by atoms with E-state index in [0.29, 0.717) is 21.8 Å². The summed E-state index contributed by atoms with van der Waals surface area (Å²) in [6.07, 6.45) is 0. The zero-order chi connectivity index (χ0) is 21.3. The molecule has 0 aromatic heterocycles. The highest BCUT2D eigenvalue weighted by atomic mass is 79.9. The minimum Gasteiger partial charge on any atom is -0.366 e. The molecular weight excluding hydrogens is 478 g/mol. The molecule has 148 valence electrons. The maximum Gasteiger partial charge on any atom is 0.248 e. The van der Waals surface area contributed by atoms with Gasteiger partial charge in [-0.1, -0.05) is 41.9 Å². The molecule has 0 bridgehead atoms. The number of hydrogen-bond acceptors (Lipinski definition) is 2. The summed E-state index contributed by atoms with van der Waals surface area (Å²) < 4.78 is 15.0. The normalized spacial score (nSPS) is 10.7. The van der Waals surface area contributed by atoms with E-state index in [2.05, 4.69) is 22.5 Å². The predicted octanol–water partition coefficient (Wildman–Crippen LogP) is 6.77. The van der Waals surface area contributed by atoms with Crippen molar-refractivity contribution in [1.82, 2.24) is 0 Å². The molecule has 3 nitrogen and oxygen atoms in total. The molecule has 0 radical (unpaired) electrons. The average Bonchev–Trinajstić information content (AvgIpc) is 2.67. The quantitative estimate of drug-likeness (QED) is 0.426. The first-order valence-electron chi connectivity index (χ1n) is 8.47. The molecule has 0 saturated heterocycles. The molecule has 2 N–H and O–H groups in total. The van der Waals surface area contributed by atoms with Gasteiger partial charge in [0.05, 0.1) is 16.3 Å². The van der Waals surface area contributed by atoms with E-state index in [1.54, 1.807) is 42.3 Å². The van der Waals surface area contributed by atoms with Gasteiger partial charge in [-0.3, -0.25) is 4.79 Å². The van der Waals surface area contributed by atoms with Gasteiger partial charge in [0.2, 0.25) is 5.91 Å². The Hall–Kier alpha value is -2.34. The minimum absolute atomic E-state index is 0.241. The highest BCUT2D eigenvalue weighted by molar-refractivity contribution is 9.10. The first-order chi connectivity index (χ1) is 13.7. The Kier molecular flexibility index (Phi) is 6.32. The fraction of sp³-hybridized carbons (Fsp3) is 0.0455. The van der Waals surface area contributed by atoms with Crippen LogP contribution >= 0.6 is 39.1 Å². The van der Waals surface area contributed by atoms with E-state index < -0.39 is 11.7 Å². The van der Waals surface area contributed by atoms with Crippen molar-refractivity contribution in [1.29, 1.82) is 0 Å². The van der Waals surface area contributed by atoms with Gasteiger partial charge in [0.15, 0.2) is 0 Å². The van der Waals surface area contributed by atoms with Gasteiger partial charge in [0.25, 0.3) is 0 Å². The molecule has 7 heteroatoms. The molecular formula is C22H16BrCl2FN2O. The van der Waals surface area contributed by atoms with Crippen LogP contribution in [0.2, 0.25) is 10.0 Å². The van der Waals surface area contributed by atoms with E-state index in [1.165, 1.54) is 6.07 Å². The van der Waals surface area contributed by atoms with Crippen LogP contribution in [0.5, 0.6) is 0 Å². The van der Waals surface area contributed by atoms with Crippen molar-refractivity contribution in [2.24, 2.45) is 5.73 Å². The van der Waals surface area contributed by atoms with Crippen molar-refractivity contribution in [3.05, 3.63) is 92.6 Å². The van der Waals surface area contributed by atoms with Crippen molar-refractivity contribution >= 4 is 56.4 Å². The molecule has 0 unspecified atom stereocenters. The van der Waals surface area contributed by atoms with Gasteiger partial charge in [0, 0.05) is 33.4 Å². The van der Waals surface area contributed by atoms with Crippen LogP contribution in [-0.4, -0.2) is 13.0 Å². The van der Waals surface area contributed by atoms with E-state index in [4.69, 9.17) is 28.9 Å². The molecule has 0 heterocycles. The Labute approximate surface area is 186 Å². The summed E-state index contributed by atoms with van der Waals surface area (Å²) in [5.74, 6) is -0.978. The maximum atomic E-state index is 14.3. The lowest BCUT2D eigenvalue weighted by Crippen LogP contribution is -2.16. The van der Waals surface area contributed by atoms with Crippen molar-refractivity contribution in [2.45, 2.75) is 0 Å². The standard InChI is InChI=1S/C22H16BrCl2FN2O/c1-12(21-18(25)4-3-5-19(21)26)28(2)20-9-7-13(11-16(20)23)15-10-14(22(27)29)6-8-17(15)24/h3-11H,1H2,2H3,(H2,27,29). The third-order valence-electron chi connectivity index (χ3n) is 4.53. The van der Waals surface area contributed by atoms with Crippen molar-refractivity contribution in [2.75, 3.05) is 11.9 Å². The minimum atomic E-state index is -0.531. The molecule has 0 aliphatic heterocycles. The van der Waals surface area contributed by atoms with Crippen molar-refractivity contribution < 1.29 is 9.18 Å². The second-order valence-corrected chi connectivity index (χ2v) is 8.00. The van der Waals surface area contributed by atoms with Gasteiger partial charge in [-0.25, -0.2) is 4.39 Å². The number of primary amides is 1. The Morgan fingerprint density at radius 1 is 1.10 bits per heavy atom. The third-order valence-corrected chi connectivity index (χ3v) is 5.81. The van der Waals surface area contributed by atoms with Gasteiger partial charge in [-0.05, 0) is 64.0 Å².